The minimum Gasteiger partial charge on any atom is -0.316 e. The lowest BCUT2D eigenvalue weighted by atomic mass is 10.2. The molecule has 1 aliphatic rings. The van der Waals surface area contributed by atoms with Gasteiger partial charge >= 0.3 is 0 Å². The average Bonchev–Trinajstić information content (AvgIpc) is 2.14. The normalized spacial score (nSPS) is 23.8. The Morgan fingerprint density at radius 1 is 1.46 bits per heavy atom. The third-order valence-electron chi connectivity index (χ3n) is 2.35. The van der Waals surface area contributed by atoms with Crippen LogP contribution in [0.2, 0.25) is 0 Å². The third-order valence-corrected chi connectivity index (χ3v) is 3.75. The molecule has 1 heterocycles. The molecule has 3 heteroatoms. The molecule has 0 aromatic heterocycles. The van der Waals surface area contributed by atoms with Crippen LogP contribution in [0.15, 0.2) is 0 Å². The van der Waals surface area contributed by atoms with Gasteiger partial charge in [-0.1, -0.05) is 0 Å². The summed E-state index contributed by atoms with van der Waals surface area (Å²) in [6, 6.07) is 0. The summed E-state index contributed by atoms with van der Waals surface area (Å²) in [4.78, 5) is 2.26. The molecule has 1 rings (SSSR count). The number of nitrogens with zero attached hydrogens (tertiary/aromatic N) is 1. The predicted molar refractivity (Wildman–Crippen MR) is 61.5 cm³/mol. The van der Waals surface area contributed by atoms with Gasteiger partial charge in [0, 0.05) is 11.8 Å². The van der Waals surface area contributed by atoms with E-state index in [1.807, 2.05) is 0 Å². The van der Waals surface area contributed by atoms with Crippen LogP contribution in [0.3, 0.4) is 0 Å². The van der Waals surface area contributed by atoms with E-state index >= 15 is 0 Å². The number of piperidine rings is 1. The maximum atomic E-state index is 3.45. The minimum atomic E-state index is 0.885. The lowest BCUT2D eigenvalue weighted by Gasteiger charge is -2.22. The van der Waals surface area contributed by atoms with Crippen molar-refractivity contribution in [1.29, 1.82) is 0 Å². The van der Waals surface area contributed by atoms with E-state index in [9.17, 15) is 0 Å². The second kappa shape index (κ2) is 6.68. The van der Waals surface area contributed by atoms with Crippen molar-refractivity contribution in [3.63, 3.8) is 0 Å². The summed E-state index contributed by atoms with van der Waals surface area (Å²) in [6.45, 7) is 3.69. The second-order valence-corrected chi connectivity index (χ2v) is 5.40. The SMILES string of the molecule is CN(C)CCCSC1CCCNC1. The fourth-order valence-corrected chi connectivity index (χ4v) is 2.79. The predicted octanol–water partition coefficient (Wildman–Crippen LogP) is 1.42. The number of hydrogen-bond acceptors (Lipinski definition) is 3. The van der Waals surface area contributed by atoms with Crippen molar-refractivity contribution in [2.45, 2.75) is 24.5 Å². The molecule has 0 aliphatic carbocycles. The van der Waals surface area contributed by atoms with E-state index in [1.165, 1.54) is 44.6 Å². The molecule has 13 heavy (non-hydrogen) atoms. The van der Waals surface area contributed by atoms with Gasteiger partial charge in [-0.05, 0) is 52.2 Å². The van der Waals surface area contributed by atoms with Crippen LogP contribution in [-0.2, 0) is 0 Å². The van der Waals surface area contributed by atoms with E-state index < -0.39 is 0 Å². The van der Waals surface area contributed by atoms with Crippen LogP contribution in [0.25, 0.3) is 0 Å². The van der Waals surface area contributed by atoms with Crippen LogP contribution >= 0.6 is 11.8 Å². The van der Waals surface area contributed by atoms with Crippen molar-refractivity contribution in [3.8, 4) is 0 Å². The molecule has 78 valence electrons. The number of thioether (sulfide) groups is 1. The molecular formula is C10H22N2S. The Kier molecular flexibility index (Phi) is 5.83. The molecular weight excluding hydrogens is 180 g/mol. The summed E-state index contributed by atoms with van der Waals surface area (Å²) in [5, 5.41) is 4.34. The zero-order valence-corrected chi connectivity index (χ0v) is 9.70. The van der Waals surface area contributed by atoms with E-state index in [4.69, 9.17) is 0 Å². The highest BCUT2D eigenvalue weighted by Crippen LogP contribution is 2.18. The van der Waals surface area contributed by atoms with Gasteiger partial charge in [-0.3, -0.25) is 0 Å². The number of hydrogen-bond donors (Lipinski definition) is 1. The molecule has 0 spiro atoms. The van der Waals surface area contributed by atoms with Crippen molar-refractivity contribution < 1.29 is 0 Å². The van der Waals surface area contributed by atoms with Gasteiger partial charge < -0.3 is 10.2 Å². The molecule has 0 bridgehead atoms. The zero-order valence-electron chi connectivity index (χ0n) is 8.88. The van der Waals surface area contributed by atoms with Crippen molar-refractivity contribution >= 4 is 11.8 Å². The topological polar surface area (TPSA) is 15.3 Å². The van der Waals surface area contributed by atoms with Crippen LogP contribution in [0, 0.1) is 0 Å². The molecule has 0 aromatic carbocycles. The Hall–Kier alpha value is 0.270. The van der Waals surface area contributed by atoms with E-state index in [0.29, 0.717) is 0 Å². The van der Waals surface area contributed by atoms with Gasteiger partial charge in [0.2, 0.25) is 0 Å². The van der Waals surface area contributed by atoms with Crippen molar-refractivity contribution in [2.75, 3.05) is 39.5 Å². The van der Waals surface area contributed by atoms with Crippen LogP contribution < -0.4 is 5.32 Å². The zero-order chi connectivity index (χ0) is 9.52. The first-order valence-corrected chi connectivity index (χ1v) is 6.31. The van der Waals surface area contributed by atoms with Gasteiger partial charge in [-0.15, -0.1) is 0 Å². The summed E-state index contributed by atoms with van der Waals surface area (Å²) in [7, 11) is 4.29. The second-order valence-electron chi connectivity index (χ2n) is 4.00. The van der Waals surface area contributed by atoms with Crippen molar-refractivity contribution in [2.24, 2.45) is 0 Å². The Bertz CT molecular complexity index is 122. The molecule has 1 fully saturated rings. The number of nitrogens with one attached hydrogen (secondary N) is 1. The minimum absolute atomic E-state index is 0.885. The molecule has 1 atom stereocenters. The van der Waals surface area contributed by atoms with Gasteiger partial charge in [-0.2, -0.15) is 11.8 Å². The van der Waals surface area contributed by atoms with E-state index in [-0.39, 0.29) is 0 Å². The summed E-state index contributed by atoms with van der Waals surface area (Å²) in [5.41, 5.74) is 0. The Labute approximate surface area is 86.5 Å². The van der Waals surface area contributed by atoms with E-state index in [0.717, 1.165) is 5.25 Å². The molecule has 0 amide bonds. The van der Waals surface area contributed by atoms with Crippen LogP contribution in [0.4, 0.5) is 0 Å². The summed E-state index contributed by atoms with van der Waals surface area (Å²) in [5.74, 6) is 1.32. The highest BCUT2D eigenvalue weighted by molar-refractivity contribution is 7.99. The molecule has 1 N–H and O–H groups in total. The largest absolute Gasteiger partial charge is 0.316 e. The third kappa shape index (κ3) is 5.55. The standard InChI is InChI=1S/C10H22N2S/c1-12(2)7-4-8-13-10-5-3-6-11-9-10/h10-11H,3-9H2,1-2H3. The van der Waals surface area contributed by atoms with Crippen LogP contribution in [0.1, 0.15) is 19.3 Å². The maximum Gasteiger partial charge on any atom is 0.0172 e. The summed E-state index contributed by atoms with van der Waals surface area (Å²) in [6.07, 6.45) is 4.11. The molecule has 1 aliphatic heterocycles. The molecule has 0 aromatic rings. The molecule has 2 nitrogen and oxygen atoms in total. The van der Waals surface area contributed by atoms with E-state index in [2.05, 4.69) is 36.1 Å². The Morgan fingerprint density at radius 3 is 2.92 bits per heavy atom. The van der Waals surface area contributed by atoms with Gasteiger partial charge in [-0.25, -0.2) is 0 Å². The Balaban J connectivity index is 1.92. The number of rotatable bonds is 5. The quantitative estimate of drug-likeness (QED) is 0.679. The van der Waals surface area contributed by atoms with Gasteiger partial charge in [0.05, 0.1) is 0 Å². The average molecular weight is 202 g/mol. The lowest BCUT2D eigenvalue weighted by Crippen LogP contribution is -2.31. The highest BCUT2D eigenvalue weighted by Gasteiger charge is 2.12. The first kappa shape index (κ1) is 11.3. The maximum absolute atomic E-state index is 3.45. The van der Waals surface area contributed by atoms with Gasteiger partial charge in [0.25, 0.3) is 0 Å². The molecule has 1 unspecified atom stereocenters. The van der Waals surface area contributed by atoms with E-state index in [1.54, 1.807) is 0 Å². The molecule has 0 saturated carbocycles. The highest BCUT2D eigenvalue weighted by atomic mass is 32.2. The first-order chi connectivity index (χ1) is 6.29. The smallest absolute Gasteiger partial charge is 0.0172 e. The lowest BCUT2D eigenvalue weighted by molar-refractivity contribution is 0.410. The van der Waals surface area contributed by atoms with Crippen molar-refractivity contribution in [1.82, 2.24) is 10.2 Å². The van der Waals surface area contributed by atoms with Crippen LogP contribution in [0.5, 0.6) is 0 Å². The summed E-state index contributed by atoms with van der Waals surface area (Å²) >= 11 is 2.15. The van der Waals surface area contributed by atoms with Gasteiger partial charge in [0.15, 0.2) is 0 Å². The monoisotopic (exact) mass is 202 g/mol. The van der Waals surface area contributed by atoms with Crippen LogP contribution in [-0.4, -0.2) is 49.6 Å². The fraction of sp³-hybridized carbons (Fsp3) is 1.00. The first-order valence-electron chi connectivity index (χ1n) is 5.26. The Morgan fingerprint density at radius 2 is 2.31 bits per heavy atom. The molecule has 1 saturated heterocycles. The fourth-order valence-electron chi connectivity index (χ4n) is 1.59. The molecule has 0 radical (unpaired) electrons. The van der Waals surface area contributed by atoms with Gasteiger partial charge in [0.1, 0.15) is 0 Å². The van der Waals surface area contributed by atoms with Crippen molar-refractivity contribution in [3.05, 3.63) is 0 Å². The summed E-state index contributed by atoms with van der Waals surface area (Å²) < 4.78 is 0.